The fourth-order valence-electron chi connectivity index (χ4n) is 2.51. The van der Waals surface area contributed by atoms with Gasteiger partial charge in [-0.2, -0.15) is 0 Å². The predicted octanol–water partition coefficient (Wildman–Crippen LogP) is 1.52. The molecular weight excluding hydrogens is 176 g/mol. The Morgan fingerprint density at radius 2 is 1.71 bits per heavy atom. The standard InChI is InChI=1S/C9H17N.CH3NO.CH4/c1-2-4-9-7-10-6-5-8(9)3-1;2-1-3;/h8-10H,1-7H2;1H,(H2,2,3);1H4. The number of hydrogen-bond donors (Lipinski definition) is 2. The molecule has 0 spiro atoms. The number of amides is 1. The van der Waals surface area contributed by atoms with Crippen LogP contribution in [0.4, 0.5) is 0 Å². The van der Waals surface area contributed by atoms with E-state index in [1.807, 2.05) is 0 Å². The summed E-state index contributed by atoms with van der Waals surface area (Å²) in [6.45, 7) is 2.59. The number of hydrogen-bond acceptors (Lipinski definition) is 2. The van der Waals surface area contributed by atoms with Crippen LogP contribution >= 0.6 is 0 Å². The number of fused-ring (bicyclic) bond motifs is 1. The van der Waals surface area contributed by atoms with Crippen LogP contribution in [-0.2, 0) is 4.79 Å². The first-order valence-corrected chi connectivity index (χ1v) is 5.24. The van der Waals surface area contributed by atoms with Crippen LogP contribution in [0.25, 0.3) is 0 Å². The molecule has 0 radical (unpaired) electrons. The smallest absolute Gasteiger partial charge is 0.204 e. The van der Waals surface area contributed by atoms with Gasteiger partial charge in [0.1, 0.15) is 0 Å². The molecule has 0 aromatic rings. The van der Waals surface area contributed by atoms with E-state index in [9.17, 15) is 0 Å². The molecule has 2 fully saturated rings. The lowest BCUT2D eigenvalue weighted by atomic mass is 9.76. The second-order valence-corrected chi connectivity index (χ2v) is 3.93. The van der Waals surface area contributed by atoms with Gasteiger partial charge in [-0.05, 0) is 37.8 Å². The first-order chi connectivity index (χ1) is 6.38. The third kappa shape index (κ3) is 4.09. The Bertz CT molecular complexity index is 124. The summed E-state index contributed by atoms with van der Waals surface area (Å²) in [7, 11) is 0. The summed E-state index contributed by atoms with van der Waals surface area (Å²) in [4.78, 5) is 8.58. The highest BCUT2D eigenvalue weighted by Gasteiger charge is 2.26. The zero-order valence-corrected chi connectivity index (χ0v) is 8.17. The molecule has 3 N–H and O–H groups in total. The van der Waals surface area contributed by atoms with Crippen molar-refractivity contribution < 1.29 is 4.79 Å². The van der Waals surface area contributed by atoms with Gasteiger partial charge >= 0.3 is 0 Å². The van der Waals surface area contributed by atoms with Crippen LogP contribution in [-0.4, -0.2) is 19.5 Å². The van der Waals surface area contributed by atoms with E-state index in [-0.39, 0.29) is 13.8 Å². The van der Waals surface area contributed by atoms with Gasteiger partial charge in [-0.3, -0.25) is 4.79 Å². The van der Waals surface area contributed by atoms with Gasteiger partial charge in [0.2, 0.25) is 6.41 Å². The Morgan fingerprint density at radius 1 is 1.14 bits per heavy atom. The van der Waals surface area contributed by atoms with Crippen LogP contribution < -0.4 is 11.1 Å². The number of nitrogens with two attached hydrogens (primary N) is 1. The minimum absolute atomic E-state index is 0. The lowest BCUT2D eigenvalue weighted by molar-refractivity contribution is -0.106. The molecule has 1 aliphatic carbocycles. The van der Waals surface area contributed by atoms with Crippen molar-refractivity contribution in [1.29, 1.82) is 0 Å². The van der Waals surface area contributed by atoms with Crippen molar-refractivity contribution in [3.05, 3.63) is 0 Å². The van der Waals surface area contributed by atoms with Crippen molar-refractivity contribution in [2.45, 2.75) is 39.5 Å². The van der Waals surface area contributed by atoms with Gasteiger partial charge in [0.15, 0.2) is 0 Å². The van der Waals surface area contributed by atoms with E-state index < -0.39 is 0 Å². The van der Waals surface area contributed by atoms with Gasteiger partial charge in [-0.25, -0.2) is 0 Å². The summed E-state index contributed by atoms with van der Waals surface area (Å²) in [5, 5.41) is 3.48. The SMILES string of the molecule is C.C1CCC2CNCCC2C1.NC=O. The molecule has 14 heavy (non-hydrogen) atoms. The van der Waals surface area contributed by atoms with E-state index in [1.54, 1.807) is 0 Å². The van der Waals surface area contributed by atoms with Gasteiger partial charge in [0.25, 0.3) is 0 Å². The maximum atomic E-state index is 8.58. The number of nitrogens with one attached hydrogen (secondary N) is 1. The highest BCUT2D eigenvalue weighted by atomic mass is 16.1. The summed E-state index contributed by atoms with van der Waals surface area (Å²) in [5.41, 5.74) is 4.17. The number of primary amides is 1. The monoisotopic (exact) mass is 200 g/mol. The quantitative estimate of drug-likeness (QED) is 0.583. The van der Waals surface area contributed by atoms with E-state index >= 15 is 0 Å². The third-order valence-corrected chi connectivity index (χ3v) is 3.16. The highest BCUT2D eigenvalue weighted by molar-refractivity contribution is 5.42. The molecule has 1 heterocycles. The summed E-state index contributed by atoms with van der Waals surface area (Å²) < 4.78 is 0. The normalized spacial score (nSPS) is 30.0. The Morgan fingerprint density at radius 3 is 2.29 bits per heavy atom. The second-order valence-electron chi connectivity index (χ2n) is 3.93. The van der Waals surface area contributed by atoms with Gasteiger partial charge < -0.3 is 11.1 Å². The van der Waals surface area contributed by atoms with Gasteiger partial charge in [-0.1, -0.05) is 26.7 Å². The third-order valence-electron chi connectivity index (χ3n) is 3.16. The fraction of sp³-hybridized carbons (Fsp3) is 0.909. The molecule has 3 nitrogen and oxygen atoms in total. The molecule has 0 aromatic heterocycles. The molecule has 1 saturated heterocycles. The number of carbonyl (C=O) groups is 1. The topological polar surface area (TPSA) is 55.1 Å². The first-order valence-electron chi connectivity index (χ1n) is 5.24. The Balaban J connectivity index is 0.000000381. The Labute approximate surface area is 87.4 Å². The number of rotatable bonds is 0. The van der Waals surface area contributed by atoms with Crippen LogP contribution in [0.5, 0.6) is 0 Å². The van der Waals surface area contributed by atoms with Crippen molar-refractivity contribution >= 4 is 6.41 Å². The molecule has 84 valence electrons. The summed E-state index contributed by atoms with van der Waals surface area (Å²) in [6, 6.07) is 0. The summed E-state index contributed by atoms with van der Waals surface area (Å²) in [6.07, 6.45) is 7.71. The molecule has 3 heteroatoms. The lowest BCUT2D eigenvalue weighted by Gasteiger charge is -2.35. The maximum absolute atomic E-state index is 8.58. The van der Waals surface area contributed by atoms with Crippen molar-refractivity contribution in [1.82, 2.24) is 5.32 Å². The van der Waals surface area contributed by atoms with Crippen LogP contribution in [0.2, 0.25) is 0 Å². The average Bonchev–Trinajstić information content (AvgIpc) is 2.19. The largest absolute Gasteiger partial charge is 0.372 e. The molecule has 2 unspecified atom stereocenters. The summed E-state index contributed by atoms with van der Waals surface area (Å²) >= 11 is 0. The van der Waals surface area contributed by atoms with Crippen LogP contribution in [0.3, 0.4) is 0 Å². The van der Waals surface area contributed by atoms with E-state index in [0.717, 1.165) is 11.8 Å². The zero-order valence-electron chi connectivity index (χ0n) is 8.17. The van der Waals surface area contributed by atoms with Crippen molar-refractivity contribution in [2.24, 2.45) is 17.6 Å². The van der Waals surface area contributed by atoms with Crippen LogP contribution in [0.1, 0.15) is 39.5 Å². The summed E-state index contributed by atoms with van der Waals surface area (Å²) in [5.74, 6) is 2.14. The minimum Gasteiger partial charge on any atom is -0.372 e. The first kappa shape index (κ1) is 13.4. The van der Waals surface area contributed by atoms with Crippen LogP contribution in [0, 0.1) is 11.8 Å². The second kappa shape index (κ2) is 7.80. The maximum Gasteiger partial charge on any atom is 0.204 e. The Hall–Kier alpha value is -0.570. The number of carbonyl (C=O) groups excluding carboxylic acids is 1. The molecule has 2 atom stereocenters. The van der Waals surface area contributed by atoms with Crippen molar-refractivity contribution in [3.63, 3.8) is 0 Å². The van der Waals surface area contributed by atoms with E-state index in [1.165, 1.54) is 45.2 Å². The molecule has 1 saturated carbocycles. The van der Waals surface area contributed by atoms with Gasteiger partial charge in [0, 0.05) is 0 Å². The number of piperidine rings is 1. The molecule has 0 bridgehead atoms. The van der Waals surface area contributed by atoms with Gasteiger partial charge in [0.05, 0.1) is 0 Å². The average molecular weight is 200 g/mol. The molecule has 0 aromatic carbocycles. The minimum atomic E-state index is 0. The van der Waals surface area contributed by atoms with Crippen molar-refractivity contribution in [3.8, 4) is 0 Å². The Kier molecular flexibility index (Phi) is 7.48. The van der Waals surface area contributed by atoms with E-state index in [4.69, 9.17) is 4.79 Å². The molecule has 1 aliphatic heterocycles. The highest BCUT2D eigenvalue weighted by Crippen LogP contribution is 2.33. The predicted molar refractivity (Wildman–Crippen MR) is 59.9 cm³/mol. The van der Waals surface area contributed by atoms with E-state index in [2.05, 4.69) is 11.1 Å². The van der Waals surface area contributed by atoms with E-state index in [0.29, 0.717) is 0 Å². The molecule has 2 rings (SSSR count). The van der Waals surface area contributed by atoms with Crippen LogP contribution in [0.15, 0.2) is 0 Å². The molecular formula is C11H24N2O. The molecule has 2 aliphatic rings. The van der Waals surface area contributed by atoms with Crippen molar-refractivity contribution in [2.75, 3.05) is 13.1 Å². The molecule has 1 amide bonds. The fourth-order valence-corrected chi connectivity index (χ4v) is 2.51. The van der Waals surface area contributed by atoms with Gasteiger partial charge in [-0.15, -0.1) is 0 Å². The lowest BCUT2D eigenvalue weighted by Crippen LogP contribution is -2.38. The zero-order chi connectivity index (χ0) is 9.52.